The summed E-state index contributed by atoms with van der Waals surface area (Å²) >= 11 is 1.02. The average Bonchev–Trinajstić information content (AvgIpc) is 2.87. The van der Waals surface area contributed by atoms with Crippen molar-refractivity contribution < 1.29 is 14.4 Å². The molecule has 0 radical (unpaired) electrons. The van der Waals surface area contributed by atoms with Crippen molar-refractivity contribution in [3.63, 3.8) is 0 Å². The van der Waals surface area contributed by atoms with Gasteiger partial charge in [0.2, 0.25) is 11.8 Å². The predicted molar refractivity (Wildman–Crippen MR) is 89.3 cm³/mol. The molecule has 6 heteroatoms. The van der Waals surface area contributed by atoms with Crippen LogP contribution in [0.25, 0.3) is 0 Å². The van der Waals surface area contributed by atoms with E-state index in [2.05, 4.69) is 17.4 Å². The summed E-state index contributed by atoms with van der Waals surface area (Å²) < 4.78 is 0. The number of nitrogens with zero attached hydrogens (tertiary/aromatic N) is 1. The largest absolute Gasteiger partial charge is 0.354 e. The molecule has 5 nitrogen and oxygen atoms in total. The predicted octanol–water partition coefficient (Wildman–Crippen LogP) is 2.31. The fourth-order valence-corrected chi connectivity index (χ4v) is 4.02. The Bertz CT molecular complexity index is 616. The molecule has 3 rings (SSSR count). The number of benzene rings is 1. The van der Waals surface area contributed by atoms with E-state index in [4.69, 9.17) is 0 Å². The van der Waals surface area contributed by atoms with Crippen molar-refractivity contribution in [2.24, 2.45) is 0 Å². The number of carbonyl (C=O) groups is 3. The Morgan fingerprint density at radius 3 is 2.91 bits per heavy atom. The molecule has 0 saturated carbocycles. The lowest BCUT2D eigenvalue weighted by atomic mass is 9.81. The third kappa shape index (κ3) is 3.75. The molecule has 0 spiro atoms. The molecule has 1 aliphatic heterocycles. The number of aryl methyl sites for hydroxylation is 1. The third-order valence-electron chi connectivity index (χ3n) is 4.42. The van der Waals surface area contributed by atoms with E-state index in [1.165, 1.54) is 16.0 Å². The smallest absolute Gasteiger partial charge is 0.288 e. The molecular formula is C17H20N2O3S. The highest BCUT2D eigenvalue weighted by Gasteiger charge is 2.29. The normalized spacial score (nSPS) is 20.5. The van der Waals surface area contributed by atoms with Crippen molar-refractivity contribution in [3.8, 4) is 0 Å². The second-order valence-electron chi connectivity index (χ2n) is 5.94. The minimum absolute atomic E-state index is 0.0153. The van der Waals surface area contributed by atoms with Crippen LogP contribution in [0.15, 0.2) is 24.3 Å². The SMILES string of the molecule is O=C(C[C@H]1CCCc2ccccc21)NCCN1C(=O)CSC1=O. The van der Waals surface area contributed by atoms with E-state index < -0.39 is 0 Å². The van der Waals surface area contributed by atoms with Crippen LogP contribution >= 0.6 is 11.8 Å². The molecule has 0 bridgehead atoms. The summed E-state index contributed by atoms with van der Waals surface area (Å²) in [6.07, 6.45) is 3.70. The number of fused-ring (bicyclic) bond motifs is 1. The zero-order valence-electron chi connectivity index (χ0n) is 12.9. The second-order valence-corrected chi connectivity index (χ2v) is 6.87. The zero-order chi connectivity index (χ0) is 16.2. The molecule has 3 amide bonds. The van der Waals surface area contributed by atoms with Gasteiger partial charge < -0.3 is 5.32 Å². The van der Waals surface area contributed by atoms with E-state index in [0.29, 0.717) is 13.0 Å². The molecule has 0 unspecified atom stereocenters. The monoisotopic (exact) mass is 332 g/mol. The van der Waals surface area contributed by atoms with E-state index in [1.807, 2.05) is 12.1 Å². The first-order chi connectivity index (χ1) is 11.1. The van der Waals surface area contributed by atoms with Gasteiger partial charge in [-0.25, -0.2) is 0 Å². The number of nitrogens with one attached hydrogen (secondary N) is 1. The first kappa shape index (κ1) is 16.1. The van der Waals surface area contributed by atoms with Crippen molar-refractivity contribution in [1.82, 2.24) is 10.2 Å². The molecule has 1 fully saturated rings. The molecule has 1 aliphatic carbocycles. The molecule has 1 N–H and O–H groups in total. The maximum Gasteiger partial charge on any atom is 0.288 e. The van der Waals surface area contributed by atoms with Crippen molar-refractivity contribution in [3.05, 3.63) is 35.4 Å². The summed E-state index contributed by atoms with van der Waals surface area (Å²) in [5.74, 6) is 0.297. The van der Waals surface area contributed by atoms with Crippen molar-refractivity contribution in [2.45, 2.75) is 31.6 Å². The number of imide groups is 1. The molecule has 1 heterocycles. The van der Waals surface area contributed by atoms with E-state index in [-0.39, 0.29) is 35.3 Å². The van der Waals surface area contributed by atoms with Crippen LogP contribution in [-0.2, 0) is 16.0 Å². The highest BCUT2D eigenvalue weighted by atomic mass is 32.2. The van der Waals surface area contributed by atoms with Gasteiger partial charge in [0.05, 0.1) is 5.75 Å². The van der Waals surface area contributed by atoms with Crippen molar-refractivity contribution in [2.75, 3.05) is 18.8 Å². The number of carbonyl (C=O) groups excluding carboxylic acids is 3. The summed E-state index contributed by atoms with van der Waals surface area (Å²) in [6, 6.07) is 8.33. The van der Waals surface area contributed by atoms with Gasteiger partial charge in [-0.15, -0.1) is 0 Å². The lowest BCUT2D eigenvalue weighted by molar-refractivity contribution is -0.125. The minimum Gasteiger partial charge on any atom is -0.354 e. The Hall–Kier alpha value is -1.82. The van der Waals surface area contributed by atoms with Crippen LogP contribution in [0.3, 0.4) is 0 Å². The van der Waals surface area contributed by atoms with Crippen LogP contribution in [0.4, 0.5) is 4.79 Å². The van der Waals surface area contributed by atoms with Gasteiger partial charge >= 0.3 is 0 Å². The van der Waals surface area contributed by atoms with Crippen molar-refractivity contribution >= 4 is 28.8 Å². The molecule has 23 heavy (non-hydrogen) atoms. The standard InChI is InChI=1S/C17H20N2O3S/c20-15(18-8-9-19-16(21)11-23-17(19)22)10-13-6-3-5-12-4-1-2-7-14(12)13/h1-2,4,7,13H,3,5-6,8-11H2,(H,18,20)/t13-/m1/s1. The second kappa shape index (κ2) is 7.17. The van der Waals surface area contributed by atoms with Gasteiger partial charge in [0.1, 0.15) is 0 Å². The Balaban J connectivity index is 1.49. The minimum atomic E-state index is -0.217. The number of hydrogen-bond donors (Lipinski definition) is 1. The van der Waals surface area contributed by atoms with Gasteiger partial charge in [0.25, 0.3) is 5.24 Å². The summed E-state index contributed by atoms with van der Waals surface area (Å²) in [4.78, 5) is 36.3. The van der Waals surface area contributed by atoms with Gasteiger partial charge in [0.15, 0.2) is 0 Å². The van der Waals surface area contributed by atoms with Crippen LogP contribution in [0.2, 0.25) is 0 Å². The molecular weight excluding hydrogens is 312 g/mol. The van der Waals surface area contributed by atoms with Crippen LogP contribution in [0.1, 0.15) is 36.3 Å². The summed E-state index contributed by atoms with van der Waals surface area (Å²) in [6.45, 7) is 0.586. The highest BCUT2D eigenvalue weighted by Crippen LogP contribution is 2.33. The lowest BCUT2D eigenvalue weighted by Gasteiger charge is -2.25. The molecule has 1 atom stereocenters. The van der Waals surface area contributed by atoms with Gasteiger partial charge in [0, 0.05) is 19.5 Å². The van der Waals surface area contributed by atoms with Gasteiger partial charge in [-0.3, -0.25) is 19.3 Å². The van der Waals surface area contributed by atoms with E-state index in [9.17, 15) is 14.4 Å². The van der Waals surface area contributed by atoms with Crippen LogP contribution in [0.5, 0.6) is 0 Å². The van der Waals surface area contributed by atoms with E-state index in [0.717, 1.165) is 31.0 Å². The number of amides is 3. The summed E-state index contributed by atoms with van der Waals surface area (Å²) in [7, 11) is 0. The topological polar surface area (TPSA) is 66.5 Å². The molecule has 122 valence electrons. The Kier molecular flexibility index (Phi) is 5.00. The van der Waals surface area contributed by atoms with Crippen LogP contribution in [0, 0.1) is 0 Å². The Morgan fingerprint density at radius 1 is 1.30 bits per heavy atom. The maximum absolute atomic E-state index is 12.2. The van der Waals surface area contributed by atoms with Gasteiger partial charge in [-0.2, -0.15) is 0 Å². The molecule has 1 aromatic carbocycles. The first-order valence-electron chi connectivity index (χ1n) is 7.97. The quantitative estimate of drug-likeness (QED) is 0.898. The van der Waals surface area contributed by atoms with Gasteiger partial charge in [-0.1, -0.05) is 36.0 Å². The lowest BCUT2D eigenvalue weighted by Crippen LogP contribution is -2.37. The number of hydrogen-bond acceptors (Lipinski definition) is 4. The third-order valence-corrected chi connectivity index (χ3v) is 5.28. The van der Waals surface area contributed by atoms with Crippen molar-refractivity contribution in [1.29, 1.82) is 0 Å². The Morgan fingerprint density at radius 2 is 2.13 bits per heavy atom. The molecule has 1 aromatic rings. The Labute approximate surface area is 139 Å². The first-order valence-corrected chi connectivity index (χ1v) is 8.95. The van der Waals surface area contributed by atoms with Crippen LogP contribution < -0.4 is 5.32 Å². The average molecular weight is 332 g/mol. The summed E-state index contributed by atoms with van der Waals surface area (Å²) in [5.41, 5.74) is 2.64. The van der Waals surface area contributed by atoms with Crippen LogP contribution in [-0.4, -0.2) is 40.8 Å². The number of rotatable bonds is 5. The fourth-order valence-electron chi connectivity index (χ4n) is 3.27. The molecule has 0 aromatic heterocycles. The van der Waals surface area contributed by atoms with E-state index >= 15 is 0 Å². The zero-order valence-corrected chi connectivity index (χ0v) is 13.7. The molecule has 1 saturated heterocycles. The highest BCUT2D eigenvalue weighted by molar-refractivity contribution is 8.14. The van der Waals surface area contributed by atoms with Gasteiger partial charge in [-0.05, 0) is 36.3 Å². The van der Waals surface area contributed by atoms with E-state index in [1.54, 1.807) is 0 Å². The number of thioether (sulfide) groups is 1. The fraction of sp³-hybridized carbons (Fsp3) is 0.471. The molecule has 2 aliphatic rings. The summed E-state index contributed by atoms with van der Waals surface area (Å²) in [5, 5.41) is 2.62. The maximum atomic E-state index is 12.2.